The predicted molar refractivity (Wildman–Crippen MR) is 67.4 cm³/mol. The van der Waals surface area contributed by atoms with Gasteiger partial charge in [0.1, 0.15) is 0 Å². The molecule has 0 bridgehead atoms. The first-order valence-electron chi connectivity index (χ1n) is 5.65. The summed E-state index contributed by atoms with van der Waals surface area (Å²) in [5, 5.41) is 0. The number of nitrogens with two attached hydrogens (primary N) is 1. The van der Waals surface area contributed by atoms with Crippen molar-refractivity contribution < 1.29 is 4.74 Å². The van der Waals surface area contributed by atoms with Crippen molar-refractivity contribution >= 4 is 11.8 Å². The van der Waals surface area contributed by atoms with Crippen LogP contribution in [-0.4, -0.2) is 54.8 Å². The molecule has 0 saturated carbocycles. The van der Waals surface area contributed by atoms with E-state index in [9.17, 15) is 0 Å². The lowest BCUT2D eigenvalue weighted by Gasteiger charge is -2.46. The summed E-state index contributed by atoms with van der Waals surface area (Å²) in [6.45, 7) is 7.93. The molecule has 0 aromatic heterocycles. The third-order valence-corrected chi connectivity index (χ3v) is 3.72. The summed E-state index contributed by atoms with van der Waals surface area (Å²) in [6, 6.07) is 0.511. The van der Waals surface area contributed by atoms with Crippen LogP contribution in [0.25, 0.3) is 0 Å². The average molecular weight is 232 g/mol. The molecule has 1 rings (SSSR count). The highest BCUT2D eigenvalue weighted by atomic mass is 32.2. The van der Waals surface area contributed by atoms with Gasteiger partial charge >= 0.3 is 0 Å². The van der Waals surface area contributed by atoms with Gasteiger partial charge in [-0.15, -0.1) is 0 Å². The first-order chi connectivity index (χ1) is 7.11. The molecule has 0 aliphatic carbocycles. The van der Waals surface area contributed by atoms with Crippen LogP contribution < -0.4 is 5.73 Å². The minimum Gasteiger partial charge on any atom is -0.378 e. The topological polar surface area (TPSA) is 38.5 Å². The zero-order valence-electron chi connectivity index (χ0n) is 10.2. The van der Waals surface area contributed by atoms with Gasteiger partial charge in [0.2, 0.25) is 0 Å². The zero-order valence-corrected chi connectivity index (χ0v) is 11.0. The van der Waals surface area contributed by atoms with Gasteiger partial charge in [-0.1, -0.05) is 0 Å². The van der Waals surface area contributed by atoms with Crippen LogP contribution in [0, 0.1) is 0 Å². The van der Waals surface area contributed by atoms with Gasteiger partial charge in [-0.3, -0.25) is 4.90 Å². The van der Waals surface area contributed by atoms with Crippen molar-refractivity contribution in [2.45, 2.75) is 31.8 Å². The van der Waals surface area contributed by atoms with Gasteiger partial charge in [-0.25, -0.2) is 0 Å². The fraction of sp³-hybridized carbons (Fsp3) is 1.00. The zero-order chi connectivity index (χ0) is 11.3. The molecule has 4 heteroatoms. The van der Waals surface area contributed by atoms with E-state index in [0.29, 0.717) is 6.04 Å². The second kappa shape index (κ2) is 6.09. The Kier molecular flexibility index (Phi) is 5.39. The standard InChI is InChI=1S/C11H24N2OS/c1-11(2)9-14-6-5-13(11)10(8-12)4-7-15-3/h10H,4-9,12H2,1-3H3. The number of nitrogens with zero attached hydrogens (tertiary/aromatic N) is 1. The average Bonchev–Trinajstić information content (AvgIpc) is 2.20. The molecule has 15 heavy (non-hydrogen) atoms. The SMILES string of the molecule is CSCCC(CN)N1CCOCC1(C)C. The maximum atomic E-state index is 5.87. The van der Waals surface area contributed by atoms with Gasteiger partial charge in [0.05, 0.1) is 13.2 Å². The molecule has 1 saturated heterocycles. The van der Waals surface area contributed by atoms with Gasteiger partial charge < -0.3 is 10.5 Å². The van der Waals surface area contributed by atoms with Gasteiger partial charge in [0, 0.05) is 24.7 Å². The van der Waals surface area contributed by atoms with Crippen LogP contribution in [0.1, 0.15) is 20.3 Å². The lowest BCUT2D eigenvalue weighted by atomic mass is 9.98. The Morgan fingerprint density at radius 3 is 2.80 bits per heavy atom. The maximum Gasteiger partial charge on any atom is 0.0645 e. The second-order valence-electron chi connectivity index (χ2n) is 4.73. The fourth-order valence-corrected chi connectivity index (χ4v) is 2.71. The van der Waals surface area contributed by atoms with E-state index < -0.39 is 0 Å². The predicted octanol–water partition coefficient (Wildman–Crippen LogP) is 1.18. The smallest absolute Gasteiger partial charge is 0.0645 e. The Hall–Kier alpha value is 0.230. The molecule has 1 aliphatic rings. The molecule has 0 aromatic carbocycles. The van der Waals surface area contributed by atoms with Gasteiger partial charge in [0.15, 0.2) is 0 Å². The van der Waals surface area contributed by atoms with E-state index in [4.69, 9.17) is 10.5 Å². The van der Waals surface area contributed by atoms with Crippen LogP contribution in [0.4, 0.5) is 0 Å². The normalized spacial score (nSPS) is 24.0. The van der Waals surface area contributed by atoms with Crippen molar-refractivity contribution in [2.75, 3.05) is 38.3 Å². The van der Waals surface area contributed by atoms with Crippen molar-refractivity contribution in [1.29, 1.82) is 0 Å². The molecule has 1 aliphatic heterocycles. The third kappa shape index (κ3) is 3.63. The van der Waals surface area contributed by atoms with Crippen molar-refractivity contribution in [3.63, 3.8) is 0 Å². The Morgan fingerprint density at radius 2 is 2.27 bits per heavy atom. The molecule has 1 heterocycles. The quantitative estimate of drug-likeness (QED) is 0.772. The number of hydrogen-bond donors (Lipinski definition) is 1. The molecule has 0 radical (unpaired) electrons. The molecule has 1 unspecified atom stereocenters. The Bertz CT molecular complexity index is 187. The summed E-state index contributed by atoms with van der Waals surface area (Å²) >= 11 is 1.90. The lowest BCUT2D eigenvalue weighted by molar-refractivity contribution is -0.0706. The highest BCUT2D eigenvalue weighted by Crippen LogP contribution is 2.23. The summed E-state index contributed by atoms with van der Waals surface area (Å²) in [6.07, 6.45) is 3.33. The number of thioether (sulfide) groups is 1. The maximum absolute atomic E-state index is 5.87. The summed E-state index contributed by atoms with van der Waals surface area (Å²) in [4.78, 5) is 2.52. The molecule has 0 aromatic rings. The monoisotopic (exact) mass is 232 g/mol. The van der Waals surface area contributed by atoms with E-state index in [2.05, 4.69) is 25.0 Å². The number of ether oxygens (including phenoxy) is 1. The van der Waals surface area contributed by atoms with Crippen molar-refractivity contribution in [3.05, 3.63) is 0 Å². The fourth-order valence-electron chi connectivity index (χ4n) is 2.20. The van der Waals surface area contributed by atoms with E-state index >= 15 is 0 Å². The van der Waals surface area contributed by atoms with E-state index in [-0.39, 0.29) is 5.54 Å². The van der Waals surface area contributed by atoms with Crippen LogP contribution >= 0.6 is 11.8 Å². The van der Waals surface area contributed by atoms with Crippen LogP contribution in [0.3, 0.4) is 0 Å². The van der Waals surface area contributed by atoms with E-state index in [0.717, 1.165) is 26.3 Å². The molecule has 1 atom stereocenters. The number of hydrogen-bond acceptors (Lipinski definition) is 4. The van der Waals surface area contributed by atoms with Crippen molar-refractivity contribution in [2.24, 2.45) is 5.73 Å². The molecule has 0 amide bonds. The number of rotatable bonds is 5. The third-order valence-electron chi connectivity index (χ3n) is 3.08. The first-order valence-corrected chi connectivity index (χ1v) is 7.04. The van der Waals surface area contributed by atoms with E-state index in [1.54, 1.807) is 0 Å². The second-order valence-corrected chi connectivity index (χ2v) is 5.72. The van der Waals surface area contributed by atoms with Gasteiger partial charge in [-0.2, -0.15) is 11.8 Å². The lowest BCUT2D eigenvalue weighted by Crippen LogP contribution is -2.59. The summed E-state index contributed by atoms with van der Waals surface area (Å²) in [7, 11) is 0. The molecule has 0 spiro atoms. The summed E-state index contributed by atoms with van der Waals surface area (Å²) in [5.41, 5.74) is 6.01. The molecule has 2 N–H and O–H groups in total. The van der Waals surface area contributed by atoms with Crippen LogP contribution in [-0.2, 0) is 4.74 Å². The van der Waals surface area contributed by atoms with Crippen molar-refractivity contribution in [3.8, 4) is 0 Å². The summed E-state index contributed by atoms with van der Waals surface area (Å²) in [5.74, 6) is 1.19. The highest BCUT2D eigenvalue weighted by molar-refractivity contribution is 7.98. The summed E-state index contributed by atoms with van der Waals surface area (Å²) < 4.78 is 5.53. The van der Waals surface area contributed by atoms with Gasteiger partial charge in [0.25, 0.3) is 0 Å². The van der Waals surface area contributed by atoms with Gasteiger partial charge in [-0.05, 0) is 32.3 Å². The molecular formula is C11H24N2OS. The first kappa shape index (κ1) is 13.3. The van der Waals surface area contributed by atoms with Crippen LogP contribution in [0.5, 0.6) is 0 Å². The number of morpholine rings is 1. The van der Waals surface area contributed by atoms with Crippen molar-refractivity contribution in [1.82, 2.24) is 4.90 Å². The Morgan fingerprint density at radius 1 is 1.53 bits per heavy atom. The molecule has 90 valence electrons. The minimum atomic E-state index is 0.140. The Labute approximate surface area is 97.7 Å². The van der Waals surface area contributed by atoms with Crippen LogP contribution in [0.2, 0.25) is 0 Å². The molecule has 1 fully saturated rings. The molecular weight excluding hydrogens is 208 g/mol. The Balaban J connectivity index is 2.56. The molecule has 3 nitrogen and oxygen atoms in total. The van der Waals surface area contributed by atoms with E-state index in [1.165, 1.54) is 12.2 Å². The largest absolute Gasteiger partial charge is 0.378 e. The van der Waals surface area contributed by atoms with Crippen LogP contribution in [0.15, 0.2) is 0 Å². The van der Waals surface area contributed by atoms with E-state index in [1.807, 2.05) is 11.8 Å². The highest BCUT2D eigenvalue weighted by Gasteiger charge is 2.34. The minimum absolute atomic E-state index is 0.140.